The van der Waals surface area contributed by atoms with E-state index in [0.717, 1.165) is 62.4 Å². The second-order valence-electron chi connectivity index (χ2n) is 15.4. The number of likely N-dealkylation sites (N-methyl/N-ethyl adjacent to an activating group) is 1. The number of rotatable bonds is 14. The number of hydrogen-bond donors (Lipinski definition) is 2. The van der Waals surface area contributed by atoms with Crippen LogP contribution in [0.1, 0.15) is 108 Å². The molecule has 3 aliphatic carbocycles. The zero-order valence-electron chi connectivity index (χ0n) is 30.6. The van der Waals surface area contributed by atoms with Crippen LogP contribution in [0.15, 0.2) is 54.7 Å². The summed E-state index contributed by atoms with van der Waals surface area (Å²) in [5.74, 6) is 2.27. The number of halogens is 1. The number of benzene rings is 2. The number of ether oxygens (including phenoxy) is 2. The lowest BCUT2D eigenvalue weighted by atomic mass is 9.59. The summed E-state index contributed by atoms with van der Waals surface area (Å²) in [6.45, 7) is 14.5. The summed E-state index contributed by atoms with van der Waals surface area (Å²) < 4.78 is 13.0. The molecule has 50 heavy (non-hydrogen) atoms. The summed E-state index contributed by atoms with van der Waals surface area (Å²) in [6, 6.07) is 16.4. The minimum atomic E-state index is -1.05. The molecule has 7 nitrogen and oxygen atoms in total. The highest BCUT2D eigenvalue weighted by atomic mass is 35.5. The predicted molar refractivity (Wildman–Crippen MR) is 202 cm³/mol. The van der Waals surface area contributed by atoms with Gasteiger partial charge in [-0.2, -0.15) is 0 Å². The van der Waals surface area contributed by atoms with E-state index in [0.29, 0.717) is 54.9 Å². The summed E-state index contributed by atoms with van der Waals surface area (Å²) >= 11 is 6.29. The van der Waals surface area contributed by atoms with Crippen LogP contribution >= 0.6 is 11.6 Å². The van der Waals surface area contributed by atoms with Crippen molar-refractivity contribution in [1.29, 1.82) is 0 Å². The molecule has 270 valence electrons. The molecular formula is C42H56ClN3O4. The highest BCUT2D eigenvalue weighted by molar-refractivity contribution is 6.30. The van der Waals surface area contributed by atoms with Gasteiger partial charge in [-0.05, 0) is 148 Å². The van der Waals surface area contributed by atoms with Crippen molar-refractivity contribution < 1.29 is 19.4 Å². The number of fused-ring (bicyclic) bond motifs is 3. The molecule has 0 bridgehead atoms. The monoisotopic (exact) mass is 701 g/mol. The van der Waals surface area contributed by atoms with Crippen molar-refractivity contribution in [3.8, 4) is 11.5 Å². The third-order valence-electron chi connectivity index (χ3n) is 12.2. The number of hydrogen-bond acceptors (Lipinski definition) is 6. The van der Waals surface area contributed by atoms with Crippen LogP contribution in [0.3, 0.4) is 0 Å². The Morgan fingerprint density at radius 3 is 2.56 bits per heavy atom. The first kappa shape index (κ1) is 36.5. The van der Waals surface area contributed by atoms with Gasteiger partial charge in [0.1, 0.15) is 23.6 Å². The first-order chi connectivity index (χ1) is 24.1. The Hall–Kier alpha value is -3.29. The predicted octanol–water partition coefficient (Wildman–Crippen LogP) is 9.31. The van der Waals surface area contributed by atoms with Crippen molar-refractivity contribution in [3.63, 3.8) is 0 Å². The van der Waals surface area contributed by atoms with Crippen LogP contribution in [0, 0.1) is 11.8 Å². The van der Waals surface area contributed by atoms with Gasteiger partial charge in [0.05, 0.1) is 6.61 Å². The van der Waals surface area contributed by atoms with Gasteiger partial charge in [0.2, 0.25) is 0 Å². The standard InChI is InChI=1S/C42H56ClN3O4/c1-6-46(7-2)30(5)27-49-35-15-14-31-23-32(22-28(3)26-50-38-16-21-44-37-13-8-10-29(4)39(37)38)41(36(31)25-35)17-19-42(20-18-41,40(47)48)45-34-12-9-11-33(43)24-34/h9,11-12,14-16,21,24-25,28-30,32,45H,6-8,10,13,17-20,22-23,26-27H2,1-5H3,(H,47,48)/t28-,29-,30?,32?,41?,42?/m1/s1. The zero-order valence-corrected chi connectivity index (χ0v) is 31.4. The Labute approximate surface area is 304 Å². The Balaban J connectivity index is 1.24. The fourth-order valence-corrected chi connectivity index (χ4v) is 9.53. The SMILES string of the molecule is CCN(CC)C(C)COc1ccc2c(c1)C1(CCC(Nc3cccc(Cl)c3)(C(=O)O)CC1)C(C[C@@H](C)COc1ccnc3c1[C@H](C)CCC3)C2. The van der Waals surface area contributed by atoms with Crippen molar-refractivity contribution in [2.45, 2.75) is 115 Å². The lowest BCUT2D eigenvalue weighted by Gasteiger charge is -2.47. The van der Waals surface area contributed by atoms with Crippen LogP contribution in [0.25, 0.3) is 0 Å². The molecule has 1 heterocycles. The van der Waals surface area contributed by atoms with Crippen molar-refractivity contribution in [2.24, 2.45) is 11.8 Å². The molecular weight excluding hydrogens is 646 g/mol. The van der Waals surface area contributed by atoms with E-state index < -0.39 is 11.5 Å². The number of aliphatic carboxylic acids is 1. The fraction of sp³-hybridized carbons (Fsp3) is 0.571. The topological polar surface area (TPSA) is 83.9 Å². The first-order valence-electron chi connectivity index (χ1n) is 19.0. The minimum absolute atomic E-state index is 0.132. The maximum absolute atomic E-state index is 13.0. The molecule has 8 heteroatoms. The Morgan fingerprint density at radius 1 is 1.06 bits per heavy atom. The summed E-state index contributed by atoms with van der Waals surface area (Å²) in [5.41, 5.74) is 4.77. The average molecular weight is 702 g/mol. The largest absolute Gasteiger partial charge is 0.493 e. The van der Waals surface area contributed by atoms with Crippen LogP contribution in [-0.2, 0) is 23.1 Å². The molecule has 1 fully saturated rings. The van der Waals surface area contributed by atoms with E-state index in [9.17, 15) is 9.90 Å². The van der Waals surface area contributed by atoms with E-state index in [-0.39, 0.29) is 5.41 Å². The van der Waals surface area contributed by atoms with E-state index in [1.807, 2.05) is 36.5 Å². The number of nitrogens with one attached hydrogen (secondary N) is 1. The molecule has 3 aromatic rings. The zero-order chi connectivity index (χ0) is 35.5. The smallest absolute Gasteiger partial charge is 0.329 e. The number of aromatic nitrogens is 1. The van der Waals surface area contributed by atoms with Crippen LogP contribution in [-0.4, -0.2) is 58.8 Å². The van der Waals surface area contributed by atoms with Gasteiger partial charge in [-0.25, -0.2) is 4.79 Å². The molecule has 2 unspecified atom stereocenters. The molecule has 2 aromatic carbocycles. The Kier molecular flexibility index (Phi) is 11.3. The van der Waals surface area contributed by atoms with E-state index >= 15 is 0 Å². The summed E-state index contributed by atoms with van der Waals surface area (Å²) in [4.78, 5) is 20.1. The van der Waals surface area contributed by atoms with Gasteiger partial charge >= 0.3 is 5.97 Å². The highest BCUT2D eigenvalue weighted by Crippen LogP contribution is 2.57. The number of aryl methyl sites for hydroxylation is 1. The molecule has 4 atom stereocenters. The van der Waals surface area contributed by atoms with Crippen molar-refractivity contribution in [1.82, 2.24) is 9.88 Å². The first-order valence-corrected chi connectivity index (χ1v) is 19.3. The van der Waals surface area contributed by atoms with Gasteiger partial charge in [-0.15, -0.1) is 0 Å². The van der Waals surface area contributed by atoms with Gasteiger partial charge in [0.15, 0.2) is 0 Å². The second-order valence-corrected chi connectivity index (χ2v) is 15.8. The molecule has 1 saturated carbocycles. The number of carboxylic acids is 1. The third-order valence-corrected chi connectivity index (χ3v) is 12.4. The fourth-order valence-electron chi connectivity index (χ4n) is 9.34. The lowest BCUT2D eigenvalue weighted by molar-refractivity contribution is -0.144. The van der Waals surface area contributed by atoms with Crippen molar-refractivity contribution >= 4 is 23.3 Å². The molecule has 0 amide bonds. The average Bonchev–Trinajstić information content (AvgIpc) is 3.39. The van der Waals surface area contributed by atoms with Gasteiger partial charge in [0.25, 0.3) is 0 Å². The van der Waals surface area contributed by atoms with E-state index in [4.69, 9.17) is 21.1 Å². The Bertz CT molecular complexity index is 1630. The maximum Gasteiger partial charge on any atom is 0.329 e. The minimum Gasteiger partial charge on any atom is -0.493 e. The summed E-state index contributed by atoms with van der Waals surface area (Å²) in [5, 5.41) is 14.7. The molecule has 1 aromatic heterocycles. The number of anilines is 1. The highest BCUT2D eigenvalue weighted by Gasteiger charge is 2.54. The molecule has 0 aliphatic heterocycles. The Morgan fingerprint density at radius 2 is 1.84 bits per heavy atom. The normalized spacial score (nSPS) is 25.5. The second kappa shape index (κ2) is 15.5. The van der Waals surface area contributed by atoms with Crippen LogP contribution in [0.2, 0.25) is 5.02 Å². The van der Waals surface area contributed by atoms with E-state index in [1.165, 1.54) is 35.2 Å². The molecule has 1 spiro atoms. The molecule has 0 saturated heterocycles. The molecule has 3 aliphatic rings. The molecule has 6 rings (SSSR count). The van der Waals surface area contributed by atoms with Gasteiger partial charge in [-0.3, -0.25) is 9.88 Å². The number of pyridine rings is 1. The third kappa shape index (κ3) is 7.50. The quantitative estimate of drug-likeness (QED) is 0.173. The van der Waals surface area contributed by atoms with Crippen molar-refractivity contribution in [3.05, 3.63) is 82.1 Å². The van der Waals surface area contributed by atoms with Crippen LogP contribution in [0.5, 0.6) is 11.5 Å². The van der Waals surface area contributed by atoms with Gasteiger partial charge < -0.3 is 19.9 Å². The number of nitrogens with zero attached hydrogens (tertiary/aromatic N) is 2. The summed E-state index contributed by atoms with van der Waals surface area (Å²) in [6.07, 6.45) is 9.91. The van der Waals surface area contributed by atoms with Gasteiger partial charge in [0, 0.05) is 34.2 Å². The maximum atomic E-state index is 13.0. The van der Waals surface area contributed by atoms with Crippen LogP contribution in [0.4, 0.5) is 5.69 Å². The van der Waals surface area contributed by atoms with E-state index in [1.54, 1.807) is 0 Å². The van der Waals surface area contributed by atoms with Gasteiger partial charge in [-0.1, -0.05) is 51.4 Å². The number of carbonyl (C=O) groups is 1. The number of carboxylic acid groups (broad SMARTS) is 1. The van der Waals surface area contributed by atoms with E-state index in [2.05, 4.69) is 68.0 Å². The molecule has 2 N–H and O–H groups in total. The van der Waals surface area contributed by atoms with Crippen LogP contribution < -0.4 is 14.8 Å². The van der Waals surface area contributed by atoms with Crippen molar-refractivity contribution in [2.75, 3.05) is 31.6 Å². The lowest BCUT2D eigenvalue weighted by Crippen LogP contribution is -2.53. The summed E-state index contributed by atoms with van der Waals surface area (Å²) in [7, 11) is 0. The molecule has 0 radical (unpaired) electrons.